The quantitative estimate of drug-likeness (QED) is 0.833. The van der Waals surface area contributed by atoms with Crippen LogP contribution in [-0.2, 0) is 6.54 Å². The van der Waals surface area contributed by atoms with Gasteiger partial charge in [0.1, 0.15) is 5.02 Å². The molecule has 0 spiro atoms. The molecule has 4 nitrogen and oxygen atoms in total. The predicted molar refractivity (Wildman–Crippen MR) is 81.0 cm³/mol. The minimum Gasteiger partial charge on any atom is -0.379 e. The number of unbranched alkanes of at least 4 members (excludes halogenated alkanes) is 1. The van der Waals surface area contributed by atoms with Crippen molar-refractivity contribution >= 4 is 17.3 Å². The standard InChI is InChI=1S/C14H24ClN3O/c1-5-7-8-18-14(19)13(15)12(9-16-18)17-11(6-2)10(3)4/h9-11,17H,5-8H2,1-4H3. The highest BCUT2D eigenvalue weighted by Crippen LogP contribution is 2.20. The Labute approximate surface area is 120 Å². The molecule has 19 heavy (non-hydrogen) atoms. The van der Waals surface area contributed by atoms with Gasteiger partial charge in [-0.1, -0.05) is 45.7 Å². The fourth-order valence-electron chi connectivity index (χ4n) is 1.97. The van der Waals surface area contributed by atoms with Crippen LogP contribution in [0.3, 0.4) is 0 Å². The summed E-state index contributed by atoms with van der Waals surface area (Å²) in [5.74, 6) is 0.476. The van der Waals surface area contributed by atoms with Crippen molar-refractivity contribution in [2.24, 2.45) is 5.92 Å². The molecule has 1 heterocycles. The molecule has 0 saturated heterocycles. The lowest BCUT2D eigenvalue weighted by molar-refractivity contribution is 0.508. The maximum absolute atomic E-state index is 12.1. The lowest BCUT2D eigenvalue weighted by Gasteiger charge is -2.22. The van der Waals surface area contributed by atoms with Crippen molar-refractivity contribution in [1.82, 2.24) is 9.78 Å². The summed E-state index contributed by atoms with van der Waals surface area (Å²) in [6.45, 7) is 9.10. The van der Waals surface area contributed by atoms with Crippen molar-refractivity contribution in [1.29, 1.82) is 0 Å². The highest BCUT2D eigenvalue weighted by Gasteiger charge is 2.15. The average Bonchev–Trinajstić information content (AvgIpc) is 2.39. The zero-order chi connectivity index (χ0) is 14.4. The molecular weight excluding hydrogens is 262 g/mol. The number of aryl methyl sites for hydroxylation is 1. The Morgan fingerprint density at radius 1 is 1.42 bits per heavy atom. The number of aromatic nitrogens is 2. The van der Waals surface area contributed by atoms with Gasteiger partial charge in [0.2, 0.25) is 0 Å². The zero-order valence-corrected chi connectivity index (χ0v) is 13.0. The van der Waals surface area contributed by atoms with E-state index in [-0.39, 0.29) is 10.6 Å². The summed E-state index contributed by atoms with van der Waals surface area (Å²) in [6.07, 6.45) is 4.59. The number of anilines is 1. The molecule has 108 valence electrons. The average molecular weight is 286 g/mol. The minimum absolute atomic E-state index is 0.210. The third kappa shape index (κ3) is 4.23. The first kappa shape index (κ1) is 16.0. The molecule has 0 aliphatic carbocycles. The minimum atomic E-state index is -0.210. The fraction of sp³-hybridized carbons (Fsp3) is 0.714. The third-order valence-electron chi connectivity index (χ3n) is 3.29. The van der Waals surface area contributed by atoms with E-state index in [1.165, 1.54) is 4.68 Å². The van der Waals surface area contributed by atoms with Crippen LogP contribution in [0.4, 0.5) is 5.69 Å². The summed E-state index contributed by atoms with van der Waals surface area (Å²) in [6, 6.07) is 0.296. The Hall–Kier alpha value is -1.03. The van der Waals surface area contributed by atoms with Crippen molar-refractivity contribution in [3.05, 3.63) is 21.6 Å². The van der Waals surface area contributed by atoms with Crippen molar-refractivity contribution < 1.29 is 0 Å². The zero-order valence-electron chi connectivity index (χ0n) is 12.2. The molecule has 0 aliphatic rings. The number of nitrogens with one attached hydrogen (secondary N) is 1. The van der Waals surface area contributed by atoms with Crippen LogP contribution in [0, 0.1) is 5.92 Å². The van der Waals surface area contributed by atoms with Crippen LogP contribution in [0.5, 0.6) is 0 Å². The van der Waals surface area contributed by atoms with E-state index in [9.17, 15) is 4.79 Å². The normalized spacial score (nSPS) is 12.7. The highest BCUT2D eigenvalue weighted by atomic mass is 35.5. The molecule has 0 saturated carbocycles. The summed E-state index contributed by atoms with van der Waals surface area (Å²) >= 11 is 6.15. The van der Waals surface area contributed by atoms with Crippen LogP contribution in [0.1, 0.15) is 47.0 Å². The molecule has 1 atom stereocenters. The van der Waals surface area contributed by atoms with E-state index in [0.29, 0.717) is 24.2 Å². The Bertz CT molecular complexity index is 456. The van der Waals surface area contributed by atoms with Gasteiger partial charge in [-0.3, -0.25) is 4.79 Å². The predicted octanol–water partition coefficient (Wildman–Crippen LogP) is 3.54. The van der Waals surface area contributed by atoms with E-state index in [1.807, 2.05) is 0 Å². The van der Waals surface area contributed by atoms with Gasteiger partial charge in [0.05, 0.1) is 11.9 Å². The Morgan fingerprint density at radius 2 is 2.11 bits per heavy atom. The lowest BCUT2D eigenvalue weighted by Crippen LogP contribution is -2.29. The van der Waals surface area contributed by atoms with Crippen molar-refractivity contribution in [2.75, 3.05) is 5.32 Å². The maximum atomic E-state index is 12.1. The van der Waals surface area contributed by atoms with Gasteiger partial charge < -0.3 is 5.32 Å². The molecule has 1 aromatic rings. The summed E-state index contributed by atoms with van der Waals surface area (Å²) in [5.41, 5.74) is 0.429. The molecule has 0 aromatic carbocycles. The maximum Gasteiger partial charge on any atom is 0.287 e. The molecule has 1 rings (SSSR count). The largest absolute Gasteiger partial charge is 0.379 e. The van der Waals surface area contributed by atoms with Crippen LogP contribution in [0.15, 0.2) is 11.0 Å². The smallest absolute Gasteiger partial charge is 0.287 e. The van der Waals surface area contributed by atoms with Gasteiger partial charge in [-0.25, -0.2) is 4.68 Å². The first-order chi connectivity index (χ1) is 9.01. The first-order valence-corrected chi connectivity index (χ1v) is 7.41. The van der Waals surface area contributed by atoms with Gasteiger partial charge in [0.25, 0.3) is 5.56 Å². The van der Waals surface area contributed by atoms with E-state index < -0.39 is 0 Å². The van der Waals surface area contributed by atoms with Crippen LogP contribution < -0.4 is 10.9 Å². The van der Waals surface area contributed by atoms with Crippen molar-refractivity contribution in [3.63, 3.8) is 0 Å². The van der Waals surface area contributed by atoms with Crippen LogP contribution >= 0.6 is 11.6 Å². The SMILES string of the molecule is CCCCn1ncc(NC(CC)C(C)C)c(Cl)c1=O. The number of nitrogens with zero attached hydrogens (tertiary/aromatic N) is 2. The molecule has 1 unspecified atom stereocenters. The fourth-order valence-corrected chi connectivity index (χ4v) is 2.17. The van der Waals surface area contributed by atoms with E-state index in [4.69, 9.17) is 11.6 Å². The van der Waals surface area contributed by atoms with E-state index in [2.05, 4.69) is 38.1 Å². The van der Waals surface area contributed by atoms with Gasteiger partial charge in [-0.2, -0.15) is 5.10 Å². The monoisotopic (exact) mass is 285 g/mol. The van der Waals surface area contributed by atoms with Crippen LogP contribution in [0.25, 0.3) is 0 Å². The molecule has 0 bridgehead atoms. The highest BCUT2D eigenvalue weighted by molar-refractivity contribution is 6.32. The molecule has 1 N–H and O–H groups in total. The Balaban J connectivity index is 2.93. The Morgan fingerprint density at radius 3 is 2.63 bits per heavy atom. The van der Waals surface area contributed by atoms with Gasteiger partial charge in [-0.15, -0.1) is 0 Å². The van der Waals surface area contributed by atoms with Crippen molar-refractivity contribution in [2.45, 2.75) is 59.5 Å². The number of rotatable bonds is 7. The third-order valence-corrected chi connectivity index (χ3v) is 3.66. The molecule has 1 aromatic heterocycles. The number of hydrogen-bond donors (Lipinski definition) is 1. The number of hydrogen-bond acceptors (Lipinski definition) is 3. The lowest BCUT2D eigenvalue weighted by atomic mass is 10.0. The second-order valence-corrected chi connectivity index (χ2v) is 5.54. The van der Waals surface area contributed by atoms with Crippen LogP contribution in [0.2, 0.25) is 5.02 Å². The second kappa shape index (κ2) is 7.53. The van der Waals surface area contributed by atoms with Crippen molar-refractivity contribution in [3.8, 4) is 0 Å². The van der Waals surface area contributed by atoms with Crippen LogP contribution in [-0.4, -0.2) is 15.8 Å². The summed E-state index contributed by atoms with van der Waals surface area (Å²) in [7, 11) is 0. The second-order valence-electron chi connectivity index (χ2n) is 5.16. The van der Waals surface area contributed by atoms with Gasteiger partial charge in [0.15, 0.2) is 0 Å². The molecule has 0 amide bonds. The first-order valence-electron chi connectivity index (χ1n) is 7.03. The van der Waals surface area contributed by atoms with Gasteiger partial charge in [0, 0.05) is 12.6 Å². The summed E-state index contributed by atoms with van der Waals surface area (Å²) in [4.78, 5) is 12.1. The van der Waals surface area contributed by atoms with E-state index >= 15 is 0 Å². The summed E-state index contributed by atoms with van der Waals surface area (Å²) in [5, 5.41) is 7.73. The summed E-state index contributed by atoms with van der Waals surface area (Å²) < 4.78 is 1.44. The number of halogens is 1. The molecule has 5 heteroatoms. The van der Waals surface area contributed by atoms with Gasteiger partial charge >= 0.3 is 0 Å². The molecule has 0 aliphatic heterocycles. The van der Waals surface area contributed by atoms with E-state index in [1.54, 1.807) is 6.20 Å². The Kier molecular flexibility index (Phi) is 6.35. The van der Waals surface area contributed by atoms with Gasteiger partial charge in [-0.05, 0) is 18.8 Å². The topological polar surface area (TPSA) is 46.9 Å². The molecule has 0 radical (unpaired) electrons. The molecule has 0 fully saturated rings. The van der Waals surface area contributed by atoms with E-state index in [0.717, 1.165) is 19.3 Å². The molecular formula is C14H24ClN3O.